The Morgan fingerprint density at radius 2 is 1.86 bits per heavy atom. The Hall–Kier alpha value is -1.38. The fraction of sp³-hybridized carbons (Fsp3) is 0.632. The topological polar surface area (TPSA) is 37.3 Å². The van der Waals surface area contributed by atoms with E-state index < -0.39 is 11.4 Å². The summed E-state index contributed by atoms with van der Waals surface area (Å²) >= 11 is 0. The van der Waals surface area contributed by atoms with Crippen molar-refractivity contribution in [1.29, 1.82) is 0 Å². The molecule has 2 aliphatic carbocycles. The third-order valence-corrected chi connectivity index (χ3v) is 5.92. The van der Waals surface area contributed by atoms with Crippen molar-refractivity contribution >= 4 is 5.97 Å². The molecule has 0 spiro atoms. The lowest BCUT2D eigenvalue weighted by Gasteiger charge is -2.56. The molecule has 120 valence electrons. The highest BCUT2D eigenvalue weighted by molar-refractivity contribution is 5.74. The molecule has 0 aromatic heterocycles. The Kier molecular flexibility index (Phi) is 3.58. The zero-order valence-electron chi connectivity index (χ0n) is 13.4. The molecule has 2 bridgehead atoms. The highest BCUT2D eigenvalue weighted by Gasteiger charge is 2.56. The van der Waals surface area contributed by atoms with Gasteiger partial charge < -0.3 is 5.11 Å². The van der Waals surface area contributed by atoms with Crippen molar-refractivity contribution in [3.8, 4) is 0 Å². The van der Waals surface area contributed by atoms with Crippen molar-refractivity contribution in [3.63, 3.8) is 0 Å². The van der Waals surface area contributed by atoms with E-state index >= 15 is 0 Å². The van der Waals surface area contributed by atoms with Crippen LogP contribution in [0.1, 0.15) is 51.5 Å². The van der Waals surface area contributed by atoms with Crippen LogP contribution in [0.4, 0.5) is 4.39 Å². The minimum Gasteiger partial charge on any atom is -0.481 e. The molecular formula is C19H25FO2. The summed E-state index contributed by atoms with van der Waals surface area (Å²) < 4.78 is 13.7. The number of fused-ring (bicyclic) bond motifs is 2. The molecule has 2 saturated carbocycles. The van der Waals surface area contributed by atoms with Crippen LogP contribution in [0.3, 0.4) is 0 Å². The molecule has 1 aromatic carbocycles. The van der Waals surface area contributed by atoms with Crippen LogP contribution in [0.25, 0.3) is 0 Å². The summed E-state index contributed by atoms with van der Waals surface area (Å²) in [4.78, 5) is 11.8. The summed E-state index contributed by atoms with van der Waals surface area (Å²) in [6.45, 7) is 3.58. The number of benzene rings is 1. The molecule has 3 heteroatoms. The first-order valence-electron chi connectivity index (χ1n) is 8.16. The zero-order chi connectivity index (χ0) is 16.0. The van der Waals surface area contributed by atoms with Gasteiger partial charge in [0.05, 0.1) is 12.1 Å². The molecular weight excluding hydrogens is 279 g/mol. The smallest absolute Gasteiger partial charge is 0.309 e. The number of carboxylic acids is 1. The molecule has 0 amide bonds. The second kappa shape index (κ2) is 5.07. The van der Waals surface area contributed by atoms with E-state index in [9.17, 15) is 14.3 Å². The van der Waals surface area contributed by atoms with Crippen molar-refractivity contribution in [2.75, 3.05) is 6.67 Å². The van der Waals surface area contributed by atoms with Gasteiger partial charge in [0, 0.05) is 0 Å². The Morgan fingerprint density at radius 1 is 1.18 bits per heavy atom. The molecule has 22 heavy (non-hydrogen) atoms. The van der Waals surface area contributed by atoms with E-state index in [1.165, 1.54) is 5.56 Å². The zero-order valence-corrected chi connectivity index (χ0v) is 13.4. The molecule has 0 saturated heterocycles. The Balaban J connectivity index is 2.07. The summed E-state index contributed by atoms with van der Waals surface area (Å²) in [5, 5.41) is 9.73. The van der Waals surface area contributed by atoms with Crippen LogP contribution in [0.5, 0.6) is 0 Å². The van der Waals surface area contributed by atoms with Gasteiger partial charge >= 0.3 is 5.97 Å². The monoisotopic (exact) mass is 304 g/mol. The predicted octanol–water partition coefficient (Wildman–Crippen LogP) is 4.59. The molecule has 0 radical (unpaired) electrons. The number of rotatable bonds is 3. The minimum absolute atomic E-state index is 0.198. The summed E-state index contributed by atoms with van der Waals surface area (Å²) in [5.41, 5.74) is -0.0302. The third kappa shape index (κ3) is 2.45. The van der Waals surface area contributed by atoms with Crippen LogP contribution < -0.4 is 0 Å². The number of alkyl halides is 1. The van der Waals surface area contributed by atoms with Gasteiger partial charge in [-0.15, -0.1) is 0 Å². The SMILES string of the molecule is CC1(CF)CC2CC(C)(C(=O)O)CC(c3ccccc3)(C2)C1. The van der Waals surface area contributed by atoms with Gasteiger partial charge in [0.2, 0.25) is 0 Å². The second-order valence-electron chi connectivity index (χ2n) is 8.29. The summed E-state index contributed by atoms with van der Waals surface area (Å²) in [7, 11) is 0. The van der Waals surface area contributed by atoms with Crippen LogP contribution in [0, 0.1) is 16.7 Å². The van der Waals surface area contributed by atoms with E-state index in [1.54, 1.807) is 0 Å². The summed E-state index contributed by atoms with van der Waals surface area (Å²) in [6, 6.07) is 10.2. The normalized spacial score (nSPS) is 41.1. The van der Waals surface area contributed by atoms with Gasteiger partial charge in [-0.1, -0.05) is 37.3 Å². The highest BCUT2D eigenvalue weighted by atomic mass is 19.1. The van der Waals surface area contributed by atoms with E-state index in [1.807, 2.05) is 32.0 Å². The summed E-state index contributed by atoms with van der Waals surface area (Å²) in [6.07, 6.45) is 3.84. The first kappa shape index (κ1) is 15.5. The van der Waals surface area contributed by atoms with Crippen molar-refractivity contribution < 1.29 is 14.3 Å². The molecule has 2 nitrogen and oxygen atoms in total. The molecule has 2 fully saturated rings. The van der Waals surface area contributed by atoms with Gasteiger partial charge in [0.25, 0.3) is 0 Å². The fourth-order valence-corrected chi connectivity index (χ4v) is 5.40. The lowest BCUT2D eigenvalue weighted by Crippen LogP contribution is -2.52. The van der Waals surface area contributed by atoms with Gasteiger partial charge in [-0.3, -0.25) is 9.18 Å². The first-order valence-corrected chi connectivity index (χ1v) is 8.16. The van der Waals surface area contributed by atoms with Crippen LogP contribution >= 0.6 is 0 Å². The number of carbonyl (C=O) groups is 1. The number of halogens is 1. The summed E-state index contributed by atoms with van der Waals surface area (Å²) in [5.74, 6) is -0.411. The maximum atomic E-state index is 13.7. The van der Waals surface area contributed by atoms with Gasteiger partial charge in [0.1, 0.15) is 0 Å². The Labute approximate surface area is 131 Å². The molecule has 0 aliphatic heterocycles. The number of aliphatic carboxylic acids is 1. The lowest BCUT2D eigenvalue weighted by molar-refractivity contribution is -0.156. The van der Waals surface area contributed by atoms with Gasteiger partial charge in [-0.05, 0) is 61.3 Å². The molecule has 1 N–H and O–H groups in total. The van der Waals surface area contributed by atoms with Gasteiger partial charge in [-0.25, -0.2) is 0 Å². The van der Waals surface area contributed by atoms with Crippen molar-refractivity contribution in [3.05, 3.63) is 35.9 Å². The maximum absolute atomic E-state index is 13.7. The Morgan fingerprint density at radius 3 is 2.45 bits per heavy atom. The largest absolute Gasteiger partial charge is 0.481 e. The minimum atomic E-state index is -0.707. The molecule has 4 unspecified atom stereocenters. The first-order chi connectivity index (χ1) is 10.3. The standard InChI is InChI=1S/C19H25FO2/c1-17(13-20)8-14-9-18(2,16(21)22)12-19(10-14,11-17)15-6-4-3-5-7-15/h3-7,14H,8-13H2,1-2H3,(H,21,22). The molecule has 4 atom stereocenters. The number of hydrogen-bond acceptors (Lipinski definition) is 1. The third-order valence-electron chi connectivity index (χ3n) is 5.92. The van der Waals surface area contributed by atoms with Crippen LogP contribution in [0.15, 0.2) is 30.3 Å². The van der Waals surface area contributed by atoms with Crippen molar-refractivity contribution in [2.24, 2.45) is 16.7 Å². The van der Waals surface area contributed by atoms with E-state index in [-0.39, 0.29) is 17.5 Å². The second-order valence-corrected chi connectivity index (χ2v) is 8.29. The number of hydrogen-bond donors (Lipinski definition) is 1. The van der Waals surface area contributed by atoms with Crippen LogP contribution in [-0.2, 0) is 10.2 Å². The highest BCUT2D eigenvalue weighted by Crippen LogP contribution is 2.61. The van der Waals surface area contributed by atoms with Crippen LogP contribution in [0.2, 0.25) is 0 Å². The quantitative estimate of drug-likeness (QED) is 0.887. The van der Waals surface area contributed by atoms with Crippen LogP contribution in [-0.4, -0.2) is 17.8 Å². The van der Waals surface area contributed by atoms with E-state index in [0.29, 0.717) is 18.8 Å². The van der Waals surface area contributed by atoms with Gasteiger partial charge in [0.15, 0.2) is 0 Å². The molecule has 3 rings (SSSR count). The van der Waals surface area contributed by atoms with E-state index in [2.05, 4.69) is 12.1 Å². The Bertz CT molecular complexity index is 572. The molecule has 2 aliphatic rings. The maximum Gasteiger partial charge on any atom is 0.309 e. The molecule has 1 aromatic rings. The van der Waals surface area contributed by atoms with E-state index in [4.69, 9.17) is 0 Å². The predicted molar refractivity (Wildman–Crippen MR) is 84.5 cm³/mol. The average Bonchev–Trinajstić information content (AvgIpc) is 2.46. The van der Waals surface area contributed by atoms with Gasteiger partial charge in [-0.2, -0.15) is 0 Å². The van der Waals surface area contributed by atoms with Crippen molar-refractivity contribution in [2.45, 2.75) is 51.4 Å². The number of carboxylic acid groups (broad SMARTS) is 1. The fourth-order valence-electron chi connectivity index (χ4n) is 5.40. The molecule has 0 heterocycles. The lowest BCUT2D eigenvalue weighted by atomic mass is 9.47. The average molecular weight is 304 g/mol. The van der Waals surface area contributed by atoms with Crippen molar-refractivity contribution in [1.82, 2.24) is 0 Å². The van der Waals surface area contributed by atoms with E-state index in [0.717, 1.165) is 19.3 Å².